The van der Waals surface area contributed by atoms with Crippen LogP contribution in [0.1, 0.15) is 284 Å². The highest BCUT2D eigenvalue weighted by molar-refractivity contribution is 5.76. The molecule has 0 heterocycles. The Morgan fingerprint density at radius 2 is 0.677 bits per heavy atom. The molecule has 1 amide bonds. The first kappa shape index (κ1) is 60.1. The van der Waals surface area contributed by atoms with Crippen molar-refractivity contribution in [2.75, 3.05) is 6.61 Å². The molecule has 0 aliphatic rings. The first-order valence-electron chi connectivity index (χ1n) is 27.5. The van der Waals surface area contributed by atoms with E-state index in [1.165, 1.54) is 218 Å². The van der Waals surface area contributed by atoms with E-state index < -0.39 is 12.1 Å². The highest BCUT2D eigenvalue weighted by Gasteiger charge is 2.18. The van der Waals surface area contributed by atoms with Gasteiger partial charge in [-0.2, -0.15) is 0 Å². The van der Waals surface area contributed by atoms with Gasteiger partial charge in [0.05, 0.1) is 18.8 Å². The van der Waals surface area contributed by atoms with E-state index in [0.29, 0.717) is 6.42 Å². The molecule has 0 aliphatic carbocycles. The second-order valence-electron chi connectivity index (χ2n) is 18.6. The topological polar surface area (TPSA) is 69.6 Å². The normalized spacial score (nSPS) is 13.3. The second kappa shape index (κ2) is 53.4. The van der Waals surface area contributed by atoms with Crippen molar-refractivity contribution < 1.29 is 15.0 Å². The van der Waals surface area contributed by atoms with Gasteiger partial charge in [0.25, 0.3) is 0 Å². The molecule has 0 saturated heterocycles. The van der Waals surface area contributed by atoms with Gasteiger partial charge in [0.15, 0.2) is 0 Å². The second-order valence-corrected chi connectivity index (χ2v) is 18.6. The van der Waals surface area contributed by atoms with Crippen LogP contribution in [0.2, 0.25) is 0 Å². The maximum absolute atomic E-state index is 12.4. The zero-order valence-electron chi connectivity index (χ0n) is 41.6. The molecule has 0 fully saturated rings. The van der Waals surface area contributed by atoms with E-state index in [4.69, 9.17) is 0 Å². The number of unbranched alkanes of at least 4 members (excludes halogenated alkanes) is 35. The number of aliphatic hydroxyl groups excluding tert-OH is 2. The zero-order valence-corrected chi connectivity index (χ0v) is 41.6. The Morgan fingerprint density at radius 3 is 1.05 bits per heavy atom. The van der Waals surface area contributed by atoms with Gasteiger partial charge in [-0.15, -0.1) is 0 Å². The average molecular weight is 866 g/mol. The molecule has 0 saturated carbocycles. The van der Waals surface area contributed by atoms with Crippen LogP contribution in [0.5, 0.6) is 0 Å². The number of carbonyl (C=O) groups is 1. The van der Waals surface area contributed by atoms with Gasteiger partial charge < -0.3 is 15.5 Å². The van der Waals surface area contributed by atoms with Gasteiger partial charge in [-0.05, 0) is 70.6 Å². The average Bonchev–Trinajstić information content (AvgIpc) is 3.28. The largest absolute Gasteiger partial charge is 0.394 e. The molecule has 0 aromatic carbocycles. The number of carbonyl (C=O) groups excluding carboxylic acids is 1. The Hall–Kier alpha value is -1.91. The molecule has 0 aromatic heterocycles. The van der Waals surface area contributed by atoms with E-state index in [9.17, 15) is 15.0 Å². The van der Waals surface area contributed by atoms with Crippen LogP contribution in [0.3, 0.4) is 0 Å². The molecule has 362 valence electrons. The minimum absolute atomic E-state index is 0.0719. The number of amides is 1. The molecule has 2 atom stereocenters. The third kappa shape index (κ3) is 49.1. The predicted octanol–water partition coefficient (Wildman–Crippen LogP) is 18.0. The highest BCUT2D eigenvalue weighted by atomic mass is 16.3. The van der Waals surface area contributed by atoms with Crippen LogP contribution < -0.4 is 5.32 Å². The van der Waals surface area contributed by atoms with Gasteiger partial charge in [-0.3, -0.25) is 4.79 Å². The van der Waals surface area contributed by atoms with E-state index in [-0.39, 0.29) is 12.5 Å². The fourth-order valence-electron chi connectivity index (χ4n) is 8.26. The monoisotopic (exact) mass is 866 g/mol. The summed E-state index contributed by atoms with van der Waals surface area (Å²) in [6.07, 6.45) is 75.3. The maximum Gasteiger partial charge on any atom is 0.220 e. The molecule has 0 aliphatic heterocycles. The number of allylic oxidation sites excluding steroid dienone is 9. The van der Waals surface area contributed by atoms with Crippen LogP contribution in [0.25, 0.3) is 0 Å². The lowest BCUT2D eigenvalue weighted by molar-refractivity contribution is -0.123. The first-order chi connectivity index (χ1) is 30.7. The molecule has 0 rings (SSSR count). The number of rotatable bonds is 50. The molecule has 62 heavy (non-hydrogen) atoms. The van der Waals surface area contributed by atoms with Gasteiger partial charge in [0.1, 0.15) is 0 Å². The Balaban J connectivity index is 3.43. The van der Waals surface area contributed by atoms with E-state index in [1.54, 1.807) is 6.08 Å². The smallest absolute Gasteiger partial charge is 0.220 e. The lowest BCUT2D eigenvalue weighted by atomic mass is 10.0. The molecule has 0 radical (unpaired) electrons. The standard InChI is InChI=1S/C58H107NO3/c1-3-5-7-9-11-13-15-17-18-19-20-21-22-23-24-25-26-27-28-29-30-31-32-33-34-35-36-37-38-39-40-42-44-46-48-50-52-54-58(62)59-56(55-60)57(61)53-51-49-47-45-43-41-16-14-12-10-8-6-4-2/h15,17,19-20,22-23,43,45,51,53,56-57,60-61H,3-14,16,18,21,24-42,44,46-50,52,54-55H2,1-2H3,(H,59,62)/b17-15-,20-19-,23-22-,45-43+,53-51+. The quantitative estimate of drug-likeness (QED) is 0.0421. The summed E-state index contributed by atoms with van der Waals surface area (Å²) in [6.45, 7) is 4.28. The lowest BCUT2D eigenvalue weighted by Gasteiger charge is -2.19. The fraction of sp³-hybridized carbons (Fsp3) is 0.810. The van der Waals surface area contributed by atoms with Crippen molar-refractivity contribution in [1.82, 2.24) is 5.32 Å². The summed E-state index contributed by atoms with van der Waals surface area (Å²) in [5, 5.41) is 23.0. The Labute approximate surface area is 387 Å². The number of hydrogen-bond donors (Lipinski definition) is 3. The van der Waals surface area contributed by atoms with Crippen molar-refractivity contribution in [3.05, 3.63) is 60.8 Å². The molecule has 0 aromatic rings. The van der Waals surface area contributed by atoms with Crippen molar-refractivity contribution in [2.45, 2.75) is 296 Å². The van der Waals surface area contributed by atoms with Crippen molar-refractivity contribution in [3.63, 3.8) is 0 Å². The minimum Gasteiger partial charge on any atom is -0.394 e. The van der Waals surface area contributed by atoms with Crippen molar-refractivity contribution in [1.29, 1.82) is 0 Å². The van der Waals surface area contributed by atoms with Gasteiger partial charge in [-0.25, -0.2) is 0 Å². The Bertz CT molecular complexity index is 1030. The van der Waals surface area contributed by atoms with Crippen LogP contribution in [-0.2, 0) is 4.79 Å². The van der Waals surface area contributed by atoms with E-state index in [2.05, 4.69) is 67.8 Å². The molecular formula is C58H107NO3. The summed E-state index contributed by atoms with van der Waals surface area (Å²) in [5.41, 5.74) is 0. The van der Waals surface area contributed by atoms with Crippen LogP contribution in [0.15, 0.2) is 60.8 Å². The summed E-state index contributed by atoms with van der Waals surface area (Å²) in [6, 6.07) is -0.638. The Morgan fingerprint density at radius 1 is 0.387 bits per heavy atom. The zero-order chi connectivity index (χ0) is 44.9. The summed E-state index contributed by atoms with van der Waals surface area (Å²) in [5.74, 6) is -0.0719. The third-order valence-electron chi connectivity index (χ3n) is 12.5. The molecule has 3 N–H and O–H groups in total. The van der Waals surface area contributed by atoms with Crippen LogP contribution >= 0.6 is 0 Å². The summed E-state index contributed by atoms with van der Waals surface area (Å²) < 4.78 is 0. The minimum atomic E-state index is -0.861. The molecular weight excluding hydrogens is 759 g/mol. The lowest BCUT2D eigenvalue weighted by Crippen LogP contribution is -2.45. The van der Waals surface area contributed by atoms with E-state index in [1.807, 2.05) is 6.08 Å². The van der Waals surface area contributed by atoms with Crippen molar-refractivity contribution >= 4 is 5.91 Å². The van der Waals surface area contributed by atoms with Gasteiger partial charge in [0, 0.05) is 6.42 Å². The molecule has 0 bridgehead atoms. The van der Waals surface area contributed by atoms with E-state index >= 15 is 0 Å². The van der Waals surface area contributed by atoms with Crippen LogP contribution in [-0.4, -0.2) is 34.9 Å². The first-order valence-corrected chi connectivity index (χ1v) is 27.5. The third-order valence-corrected chi connectivity index (χ3v) is 12.5. The fourth-order valence-corrected chi connectivity index (χ4v) is 8.26. The van der Waals surface area contributed by atoms with Crippen LogP contribution in [0, 0.1) is 0 Å². The molecule has 2 unspecified atom stereocenters. The van der Waals surface area contributed by atoms with Crippen molar-refractivity contribution in [3.8, 4) is 0 Å². The van der Waals surface area contributed by atoms with E-state index in [0.717, 1.165) is 44.9 Å². The summed E-state index contributed by atoms with van der Waals surface area (Å²) in [4.78, 5) is 12.4. The van der Waals surface area contributed by atoms with Crippen LogP contribution in [0.4, 0.5) is 0 Å². The SMILES string of the molecule is CCCCCCC/C=C\C/C=C\C/C=C\CCCCCCCCCCCCCCCCCCCCCCCCC(=O)NC(CO)C(O)/C=C/CC/C=C/CCCCCCCCC. The van der Waals surface area contributed by atoms with Gasteiger partial charge in [0.2, 0.25) is 5.91 Å². The number of hydrogen-bond acceptors (Lipinski definition) is 3. The molecule has 4 heteroatoms. The highest BCUT2D eigenvalue weighted by Crippen LogP contribution is 2.16. The summed E-state index contributed by atoms with van der Waals surface area (Å²) >= 11 is 0. The van der Waals surface area contributed by atoms with Crippen molar-refractivity contribution in [2.24, 2.45) is 0 Å². The summed E-state index contributed by atoms with van der Waals surface area (Å²) in [7, 11) is 0. The van der Waals surface area contributed by atoms with Gasteiger partial charge >= 0.3 is 0 Å². The van der Waals surface area contributed by atoms with Gasteiger partial charge in [-0.1, -0.05) is 267 Å². The molecule has 4 nitrogen and oxygen atoms in total. The number of aliphatic hydroxyl groups is 2. The Kier molecular flexibility index (Phi) is 51.8. The predicted molar refractivity (Wildman–Crippen MR) is 276 cm³/mol. The molecule has 0 spiro atoms. The number of nitrogens with one attached hydrogen (secondary N) is 1. The maximum atomic E-state index is 12.4.